The number of nitrogens with one attached hydrogen (secondary N) is 1. The number of amides is 2. The highest BCUT2D eigenvalue weighted by atomic mass is 35.5. The van der Waals surface area contributed by atoms with Crippen LogP contribution in [0.1, 0.15) is 30.0 Å². The molecule has 0 saturated carbocycles. The van der Waals surface area contributed by atoms with Gasteiger partial charge in [0.25, 0.3) is 10.0 Å². The fourth-order valence-corrected chi connectivity index (χ4v) is 5.75. The Hall–Kier alpha value is -3.36. The fourth-order valence-electron chi connectivity index (χ4n) is 4.17. The second kappa shape index (κ2) is 12.9. The van der Waals surface area contributed by atoms with Crippen LogP contribution in [0.4, 0.5) is 5.69 Å². The number of hydrogen-bond acceptors (Lipinski definition) is 4. The van der Waals surface area contributed by atoms with Crippen LogP contribution in [-0.4, -0.2) is 51.3 Å². The van der Waals surface area contributed by atoms with Crippen LogP contribution < -0.4 is 9.62 Å². The van der Waals surface area contributed by atoms with Gasteiger partial charge in [0.15, 0.2) is 0 Å². The number of nitrogens with zero attached hydrogens (tertiary/aromatic N) is 2. The van der Waals surface area contributed by atoms with E-state index in [-0.39, 0.29) is 23.0 Å². The maximum absolute atomic E-state index is 13.9. The zero-order chi connectivity index (χ0) is 27.9. The van der Waals surface area contributed by atoms with Crippen molar-refractivity contribution in [2.45, 2.75) is 44.6 Å². The van der Waals surface area contributed by atoms with Crippen LogP contribution in [0.5, 0.6) is 0 Å². The summed E-state index contributed by atoms with van der Waals surface area (Å²) in [7, 11) is -2.61. The SMILES string of the molecule is CC[C@@H](C(=O)NC)N(CCc1ccccc1)C(=O)CN(c1ccc(C)c(Cl)c1)S(=O)(=O)c1ccc(C)cc1. The standard InChI is InChI=1S/C29H34ClN3O4S/c1-5-27(29(35)31-4)32(18-17-23-9-7-6-8-10-23)28(34)20-33(24-14-13-22(3)26(30)19-24)38(36,37)25-15-11-21(2)12-16-25/h6-16,19,27H,5,17-18,20H2,1-4H3,(H,31,35)/t27-/m0/s1. The third kappa shape index (κ3) is 6.94. The molecule has 7 nitrogen and oxygen atoms in total. The molecule has 1 atom stereocenters. The first kappa shape index (κ1) is 29.2. The van der Waals surface area contributed by atoms with Crippen molar-refractivity contribution in [3.63, 3.8) is 0 Å². The summed E-state index contributed by atoms with van der Waals surface area (Å²) in [6.45, 7) is 5.27. The quantitative estimate of drug-likeness (QED) is 0.370. The lowest BCUT2D eigenvalue weighted by Crippen LogP contribution is -2.52. The monoisotopic (exact) mass is 555 g/mol. The number of carbonyl (C=O) groups is 2. The van der Waals surface area contributed by atoms with E-state index in [1.165, 1.54) is 24.1 Å². The Bertz CT molecular complexity index is 1360. The molecule has 202 valence electrons. The van der Waals surface area contributed by atoms with Crippen molar-refractivity contribution >= 4 is 39.1 Å². The van der Waals surface area contributed by atoms with E-state index in [4.69, 9.17) is 11.6 Å². The summed E-state index contributed by atoms with van der Waals surface area (Å²) in [5, 5.41) is 3.01. The Kier molecular flexibility index (Phi) is 9.94. The topological polar surface area (TPSA) is 86.8 Å². The molecule has 0 spiro atoms. The molecule has 9 heteroatoms. The van der Waals surface area contributed by atoms with Crippen molar-refractivity contribution in [2.24, 2.45) is 0 Å². The van der Waals surface area contributed by atoms with Crippen LogP contribution in [0.15, 0.2) is 77.7 Å². The summed E-state index contributed by atoms with van der Waals surface area (Å²) in [5.74, 6) is -0.788. The highest BCUT2D eigenvalue weighted by Crippen LogP contribution is 2.28. The number of sulfonamides is 1. The van der Waals surface area contributed by atoms with Gasteiger partial charge in [-0.2, -0.15) is 0 Å². The molecule has 0 heterocycles. The number of halogens is 1. The molecule has 3 aromatic rings. The molecule has 1 N–H and O–H groups in total. The number of anilines is 1. The highest BCUT2D eigenvalue weighted by molar-refractivity contribution is 7.92. The smallest absolute Gasteiger partial charge is 0.264 e. The molecule has 38 heavy (non-hydrogen) atoms. The van der Waals surface area contributed by atoms with Gasteiger partial charge in [-0.1, -0.05) is 72.6 Å². The van der Waals surface area contributed by atoms with E-state index >= 15 is 0 Å². The second-order valence-corrected chi connectivity index (χ2v) is 11.4. The van der Waals surface area contributed by atoms with Gasteiger partial charge in [0.2, 0.25) is 11.8 Å². The van der Waals surface area contributed by atoms with Gasteiger partial charge in [0.1, 0.15) is 12.6 Å². The minimum Gasteiger partial charge on any atom is -0.357 e. The van der Waals surface area contributed by atoms with E-state index in [0.717, 1.165) is 21.0 Å². The number of hydrogen-bond donors (Lipinski definition) is 1. The summed E-state index contributed by atoms with van der Waals surface area (Å²) in [6, 6.07) is 20.2. The van der Waals surface area contributed by atoms with E-state index in [9.17, 15) is 18.0 Å². The first-order valence-corrected chi connectivity index (χ1v) is 14.3. The van der Waals surface area contributed by atoms with Crippen molar-refractivity contribution in [3.8, 4) is 0 Å². The molecule has 0 fully saturated rings. The van der Waals surface area contributed by atoms with Gasteiger partial charge in [0, 0.05) is 18.6 Å². The molecule has 0 unspecified atom stereocenters. The van der Waals surface area contributed by atoms with Gasteiger partial charge in [0.05, 0.1) is 10.6 Å². The van der Waals surface area contributed by atoms with Crippen molar-refractivity contribution in [2.75, 3.05) is 24.4 Å². The lowest BCUT2D eigenvalue weighted by molar-refractivity contribution is -0.139. The van der Waals surface area contributed by atoms with Gasteiger partial charge >= 0.3 is 0 Å². The Morgan fingerprint density at radius 3 is 2.21 bits per heavy atom. The molecule has 0 aliphatic rings. The van der Waals surface area contributed by atoms with Crippen molar-refractivity contribution in [1.82, 2.24) is 10.2 Å². The summed E-state index contributed by atoms with van der Waals surface area (Å²) in [4.78, 5) is 28.1. The predicted molar refractivity (Wildman–Crippen MR) is 152 cm³/mol. The third-order valence-electron chi connectivity index (χ3n) is 6.45. The van der Waals surface area contributed by atoms with E-state index in [1.54, 1.807) is 30.3 Å². The molecule has 0 aliphatic carbocycles. The number of aryl methyl sites for hydroxylation is 2. The molecule has 0 aromatic heterocycles. The molecule has 0 saturated heterocycles. The summed E-state index contributed by atoms with van der Waals surface area (Å²) >= 11 is 6.35. The number of rotatable bonds is 11. The Morgan fingerprint density at radius 2 is 1.63 bits per heavy atom. The molecule has 2 amide bonds. The Morgan fingerprint density at radius 1 is 0.974 bits per heavy atom. The van der Waals surface area contributed by atoms with Gasteiger partial charge < -0.3 is 10.2 Å². The van der Waals surface area contributed by atoms with Gasteiger partial charge in [-0.25, -0.2) is 8.42 Å². The number of benzene rings is 3. The van der Waals surface area contributed by atoms with Crippen LogP contribution in [0.3, 0.4) is 0 Å². The van der Waals surface area contributed by atoms with E-state index in [0.29, 0.717) is 17.9 Å². The number of likely N-dealkylation sites (N-methyl/N-ethyl adjacent to an activating group) is 1. The van der Waals surface area contributed by atoms with E-state index < -0.39 is 28.5 Å². The first-order chi connectivity index (χ1) is 18.1. The molecular weight excluding hydrogens is 522 g/mol. The molecule has 0 aliphatic heterocycles. The van der Waals surface area contributed by atoms with Crippen LogP contribution >= 0.6 is 11.6 Å². The average molecular weight is 556 g/mol. The fraction of sp³-hybridized carbons (Fsp3) is 0.310. The van der Waals surface area contributed by atoms with Gasteiger partial charge in [-0.3, -0.25) is 13.9 Å². The Balaban J connectivity index is 2.03. The maximum Gasteiger partial charge on any atom is 0.264 e. The van der Waals surface area contributed by atoms with Crippen LogP contribution in [-0.2, 0) is 26.0 Å². The molecule has 3 aromatic carbocycles. The lowest BCUT2D eigenvalue weighted by Gasteiger charge is -2.33. The second-order valence-electron chi connectivity index (χ2n) is 9.12. The first-order valence-electron chi connectivity index (χ1n) is 12.5. The minimum absolute atomic E-state index is 0.0572. The normalized spacial score (nSPS) is 12.0. The molecule has 0 radical (unpaired) electrons. The van der Waals surface area contributed by atoms with Crippen molar-refractivity contribution < 1.29 is 18.0 Å². The molecular formula is C29H34ClN3O4S. The third-order valence-corrected chi connectivity index (χ3v) is 8.64. The highest BCUT2D eigenvalue weighted by Gasteiger charge is 2.33. The van der Waals surface area contributed by atoms with Gasteiger partial charge in [-0.15, -0.1) is 0 Å². The predicted octanol–water partition coefficient (Wildman–Crippen LogP) is 4.75. The molecule has 0 bridgehead atoms. The number of carbonyl (C=O) groups excluding carboxylic acids is 2. The molecule has 3 rings (SSSR count). The lowest BCUT2D eigenvalue weighted by atomic mass is 10.1. The van der Waals surface area contributed by atoms with E-state index in [2.05, 4.69) is 5.32 Å². The zero-order valence-corrected chi connectivity index (χ0v) is 23.7. The van der Waals surface area contributed by atoms with E-state index in [1.807, 2.05) is 51.1 Å². The largest absolute Gasteiger partial charge is 0.357 e. The summed E-state index contributed by atoms with van der Waals surface area (Å²) in [6.07, 6.45) is 0.891. The maximum atomic E-state index is 13.9. The zero-order valence-electron chi connectivity index (χ0n) is 22.1. The van der Waals surface area contributed by atoms with Crippen molar-refractivity contribution in [1.29, 1.82) is 0 Å². The van der Waals surface area contributed by atoms with Crippen LogP contribution in [0.2, 0.25) is 5.02 Å². The average Bonchev–Trinajstić information content (AvgIpc) is 2.91. The minimum atomic E-state index is -4.13. The van der Waals surface area contributed by atoms with Crippen molar-refractivity contribution in [3.05, 3.63) is 94.5 Å². The van der Waals surface area contributed by atoms with Gasteiger partial charge in [-0.05, 0) is 62.1 Å². The van der Waals surface area contributed by atoms with Crippen LogP contribution in [0.25, 0.3) is 0 Å². The Labute approximate surface area is 230 Å². The summed E-state index contributed by atoms with van der Waals surface area (Å²) in [5.41, 5.74) is 2.97. The summed E-state index contributed by atoms with van der Waals surface area (Å²) < 4.78 is 28.7. The van der Waals surface area contributed by atoms with Crippen LogP contribution in [0, 0.1) is 13.8 Å².